The van der Waals surface area contributed by atoms with E-state index in [-0.39, 0.29) is 0 Å². The van der Waals surface area contributed by atoms with Crippen LogP contribution in [0.2, 0.25) is 0 Å². The lowest BCUT2D eigenvalue weighted by Gasteiger charge is -2.14. The van der Waals surface area contributed by atoms with E-state index in [4.69, 9.17) is 14.2 Å². The van der Waals surface area contributed by atoms with Gasteiger partial charge >= 0.3 is 0 Å². The smallest absolute Gasteiger partial charge is 0.143 e. The van der Waals surface area contributed by atoms with Crippen molar-refractivity contribution in [3.8, 4) is 28.3 Å². The zero-order chi connectivity index (χ0) is 21.4. The van der Waals surface area contributed by atoms with E-state index in [0.29, 0.717) is 0 Å². The van der Waals surface area contributed by atoms with Crippen molar-refractivity contribution in [3.05, 3.63) is 53.5 Å². The first-order valence-corrected chi connectivity index (χ1v) is 10.1. The number of ether oxygens (including phenoxy) is 1. The number of methoxy groups -OCH3 is 1. The van der Waals surface area contributed by atoms with Crippen LogP contribution in [-0.4, -0.2) is 47.4 Å². The molecule has 0 fully saturated rings. The molecule has 0 aliphatic carbocycles. The molecule has 156 valence electrons. The maximum Gasteiger partial charge on any atom is 0.143 e. The summed E-state index contributed by atoms with van der Waals surface area (Å²) in [5.41, 5.74) is 7.02. The monoisotopic (exact) mass is 404 g/mol. The van der Waals surface area contributed by atoms with Gasteiger partial charge in [0.05, 0.1) is 35.3 Å². The van der Waals surface area contributed by atoms with Gasteiger partial charge in [0.25, 0.3) is 0 Å². The van der Waals surface area contributed by atoms with Gasteiger partial charge in [-0.3, -0.25) is 0 Å². The third-order valence-corrected chi connectivity index (χ3v) is 5.51. The molecule has 0 saturated carbocycles. The molecular weight excluding hydrogens is 376 g/mol. The van der Waals surface area contributed by atoms with Crippen LogP contribution >= 0.6 is 0 Å². The maximum absolute atomic E-state index is 5.46. The summed E-state index contributed by atoms with van der Waals surface area (Å²) in [6, 6.07) is 12.4. The lowest BCUT2D eigenvalue weighted by molar-refractivity contribution is 0.385. The fourth-order valence-corrected chi connectivity index (χ4v) is 3.95. The average molecular weight is 405 g/mol. The Morgan fingerprint density at radius 2 is 1.90 bits per heavy atom. The Bertz CT molecular complexity index is 1180. The first-order chi connectivity index (χ1) is 14.4. The molecule has 4 aromatic rings. The maximum atomic E-state index is 5.46. The van der Waals surface area contributed by atoms with Crippen molar-refractivity contribution in [3.63, 3.8) is 0 Å². The van der Waals surface area contributed by atoms with Gasteiger partial charge in [0.15, 0.2) is 0 Å². The van der Waals surface area contributed by atoms with Gasteiger partial charge in [-0.15, -0.1) is 0 Å². The fourth-order valence-electron chi connectivity index (χ4n) is 3.95. The van der Waals surface area contributed by atoms with Gasteiger partial charge in [0.2, 0.25) is 0 Å². The normalized spacial score (nSPS) is 11.6. The Morgan fingerprint density at radius 3 is 2.57 bits per heavy atom. The number of likely N-dealkylation sites (N-methyl/N-ethyl adjacent to an activating group) is 1. The molecule has 0 amide bonds. The second-order valence-corrected chi connectivity index (χ2v) is 7.96. The largest absolute Gasteiger partial charge is 0.497 e. The van der Waals surface area contributed by atoms with Gasteiger partial charge in [-0.2, -0.15) is 0 Å². The van der Waals surface area contributed by atoms with Crippen molar-refractivity contribution in [2.45, 2.75) is 27.3 Å². The van der Waals surface area contributed by atoms with Crippen LogP contribution in [0.15, 0.2) is 40.9 Å². The van der Waals surface area contributed by atoms with E-state index in [0.717, 1.165) is 63.7 Å². The van der Waals surface area contributed by atoms with Gasteiger partial charge in [0, 0.05) is 29.7 Å². The summed E-state index contributed by atoms with van der Waals surface area (Å²) < 4.78 is 13.3. The highest BCUT2D eigenvalue weighted by atomic mass is 16.5. The molecule has 6 heteroatoms. The minimum Gasteiger partial charge on any atom is -0.497 e. The Morgan fingerprint density at radius 1 is 1.10 bits per heavy atom. The van der Waals surface area contributed by atoms with Crippen LogP contribution < -0.4 is 4.74 Å². The molecule has 0 atom stereocenters. The van der Waals surface area contributed by atoms with Gasteiger partial charge in [-0.1, -0.05) is 17.3 Å². The van der Waals surface area contributed by atoms with Crippen LogP contribution in [0.25, 0.3) is 33.4 Å². The molecule has 3 aromatic heterocycles. The molecule has 0 radical (unpaired) electrons. The second-order valence-electron chi connectivity index (χ2n) is 7.96. The molecule has 0 aliphatic heterocycles. The van der Waals surface area contributed by atoms with E-state index < -0.39 is 0 Å². The Balaban J connectivity index is 2.00. The highest BCUT2D eigenvalue weighted by molar-refractivity contribution is 5.96. The molecule has 0 unspecified atom stereocenters. The van der Waals surface area contributed by atoms with Gasteiger partial charge in [-0.05, 0) is 59.1 Å². The van der Waals surface area contributed by atoms with Gasteiger partial charge in [-0.25, -0.2) is 4.98 Å². The van der Waals surface area contributed by atoms with E-state index in [1.54, 1.807) is 7.11 Å². The van der Waals surface area contributed by atoms with Crippen LogP contribution in [0.4, 0.5) is 0 Å². The zero-order valence-corrected chi connectivity index (χ0v) is 18.5. The number of aromatic nitrogens is 3. The molecule has 30 heavy (non-hydrogen) atoms. The average Bonchev–Trinajstić information content (AvgIpc) is 3.23. The lowest BCUT2D eigenvalue weighted by atomic mass is 10.0. The fraction of sp³-hybridized carbons (Fsp3) is 0.333. The van der Waals surface area contributed by atoms with E-state index >= 15 is 0 Å². The number of aryl methyl sites for hydroxylation is 3. The Labute approximate surface area is 177 Å². The van der Waals surface area contributed by atoms with Crippen LogP contribution in [0.5, 0.6) is 5.75 Å². The predicted octanol–water partition coefficient (Wildman–Crippen LogP) is 4.85. The highest BCUT2D eigenvalue weighted by Crippen LogP contribution is 2.36. The first-order valence-electron chi connectivity index (χ1n) is 10.1. The molecule has 0 spiro atoms. The van der Waals surface area contributed by atoms with Crippen LogP contribution in [0, 0.1) is 20.8 Å². The second kappa shape index (κ2) is 7.95. The SMILES string of the molecule is COc1cccc(-c2nc(-c3c(C)noc3C)cc3c2cc(C)n3CCN(C)C)c1. The van der Waals surface area contributed by atoms with Crippen LogP contribution in [-0.2, 0) is 6.54 Å². The topological polar surface area (TPSA) is 56.3 Å². The molecule has 0 bridgehead atoms. The van der Waals surface area contributed by atoms with Gasteiger partial charge < -0.3 is 18.7 Å². The van der Waals surface area contributed by atoms with Crippen molar-refractivity contribution in [2.75, 3.05) is 27.7 Å². The number of hydrogen-bond acceptors (Lipinski definition) is 5. The highest BCUT2D eigenvalue weighted by Gasteiger charge is 2.19. The summed E-state index contributed by atoms with van der Waals surface area (Å²) in [7, 11) is 5.88. The molecule has 0 saturated heterocycles. The van der Waals surface area contributed by atoms with Crippen molar-refractivity contribution in [1.82, 2.24) is 19.6 Å². The third-order valence-electron chi connectivity index (χ3n) is 5.51. The molecule has 0 aliphatic rings. The van der Waals surface area contributed by atoms with Crippen molar-refractivity contribution in [2.24, 2.45) is 0 Å². The molecule has 4 rings (SSSR count). The number of hydrogen-bond donors (Lipinski definition) is 0. The molecule has 6 nitrogen and oxygen atoms in total. The number of pyridine rings is 1. The number of nitrogens with zero attached hydrogens (tertiary/aromatic N) is 4. The molecule has 0 N–H and O–H groups in total. The standard InChI is InChI=1S/C24H28N4O2/c1-15-12-20-22(28(15)11-10-27(4)5)14-21(23-16(2)26-30-17(23)3)25-24(20)18-8-7-9-19(13-18)29-6/h7-9,12-14H,10-11H2,1-6H3. The number of benzene rings is 1. The van der Waals surface area contributed by atoms with Crippen molar-refractivity contribution < 1.29 is 9.26 Å². The van der Waals surface area contributed by atoms with Crippen LogP contribution in [0.3, 0.4) is 0 Å². The van der Waals surface area contributed by atoms with E-state index in [1.165, 1.54) is 5.69 Å². The summed E-state index contributed by atoms with van der Waals surface area (Å²) in [6.45, 7) is 7.91. The van der Waals surface area contributed by atoms with Gasteiger partial charge in [0.1, 0.15) is 11.5 Å². The summed E-state index contributed by atoms with van der Waals surface area (Å²) in [5.74, 6) is 1.59. The number of fused-ring (bicyclic) bond motifs is 1. The zero-order valence-electron chi connectivity index (χ0n) is 18.5. The van der Waals surface area contributed by atoms with E-state index in [9.17, 15) is 0 Å². The third kappa shape index (κ3) is 3.59. The lowest BCUT2D eigenvalue weighted by Crippen LogP contribution is -2.18. The summed E-state index contributed by atoms with van der Waals surface area (Å²) in [6.07, 6.45) is 0. The van der Waals surface area contributed by atoms with Crippen molar-refractivity contribution >= 4 is 10.9 Å². The summed E-state index contributed by atoms with van der Waals surface area (Å²) >= 11 is 0. The molecular formula is C24H28N4O2. The number of rotatable bonds is 6. The molecule has 1 aromatic carbocycles. The van der Waals surface area contributed by atoms with E-state index in [1.807, 2.05) is 32.0 Å². The van der Waals surface area contributed by atoms with E-state index in [2.05, 4.69) is 53.8 Å². The molecule has 3 heterocycles. The summed E-state index contributed by atoms with van der Waals surface area (Å²) in [4.78, 5) is 7.28. The van der Waals surface area contributed by atoms with Crippen molar-refractivity contribution in [1.29, 1.82) is 0 Å². The minimum absolute atomic E-state index is 0.777. The Kier molecular flexibility index (Phi) is 5.35. The quantitative estimate of drug-likeness (QED) is 0.460. The minimum atomic E-state index is 0.777. The first kappa shape index (κ1) is 20.2. The predicted molar refractivity (Wildman–Crippen MR) is 120 cm³/mol. The summed E-state index contributed by atoms with van der Waals surface area (Å²) in [5, 5.41) is 5.28. The Hall–Kier alpha value is -3.12. The van der Waals surface area contributed by atoms with Crippen LogP contribution in [0.1, 0.15) is 17.1 Å².